The molecule has 0 aliphatic heterocycles. The summed E-state index contributed by atoms with van der Waals surface area (Å²) in [5.74, 6) is -0.380. The number of anilines is 1. The summed E-state index contributed by atoms with van der Waals surface area (Å²) in [6, 6.07) is 10.3. The minimum absolute atomic E-state index is 0.0900. The molecule has 0 saturated carbocycles. The summed E-state index contributed by atoms with van der Waals surface area (Å²) in [4.78, 5) is 22.3. The van der Waals surface area contributed by atoms with Gasteiger partial charge in [-0.05, 0) is 36.8 Å². The maximum atomic E-state index is 12.0. The Balaban J connectivity index is 2.28. The number of rotatable bonds is 3. The van der Waals surface area contributed by atoms with E-state index in [1.165, 1.54) is 36.4 Å². The molecule has 6 heteroatoms. The van der Waals surface area contributed by atoms with Crippen LogP contribution in [0.4, 0.5) is 11.4 Å². The van der Waals surface area contributed by atoms with E-state index in [1.54, 1.807) is 13.0 Å². The van der Waals surface area contributed by atoms with Crippen LogP contribution in [-0.4, -0.2) is 15.9 Å². The van der Waals surface area contributed by atoms with E-state index in [1.807, 2.05) is 0 Å². The Hall–Kier alpha value is -2.89. The van der Waals surface area contributed by atoms with Crippen molar-refractivity contribution in [1.82, 2.24) is 0 Å². The van der Waals surface area contributed by atoms with E-state index in [0.717, 1.165) is 0 Å². The van der Waals surface area contributed by atoms with Gasteiger partial charge >= 0.3 is 0 Å². The molecule has 0 saturated heterocycles. The van der Waals surface area contributed by atoms with Crippen molar-refractivity contribution in [1.29, 1.82) is 0 Å². The summed E-state index contributed by atoms with van der Waals surface area (Å²) >= 11 is 0. The molecule has 0 bridgehead atoms. The van der Waals surface area contributed by atoms with Crippen LogP contribution in [0.25, 0.3) is 0 Å². The molecule has 0 fully saturated rings. The van der Waals surface area contributed by atoms with Gasteiger partial charge in [-0.25, -0.2) is 0 Å². The molecule has 6 nitrogen and oxygen atoms in total. The van der Waals surface area contributed by atoms with Crippen LogP contribution >= 0.6 is 0 Å². The Morgan fingerprint density at radius 3 is 2.60 bits per heavy atom. The number of nitrogens with one attached hydrogen (secondary N) is 1. The number of phenols is 1. The van der Waals surface area contributed by atoms with Crippen molar-refractivity contribution in [2.75, 3.05) is 5.32 Å². The maximum Gasteiger partial charge on any atom is 0.292 e. The fourth-order valence-electron chi connectivity index (χ4n) is 1.73. The molecule has 2 aromatic carbocycles. The molecule has 2 aromatic rings. The number of carbonyl (C=O) groups excluding carboxylic acids is 1. The number of nitro benzene ring substituents is 1. The number of hydrogen-bond acceptors (Lipinski definition) is 4. The SMILES string of the molecule is Cc1cc(C(=O)Nc2ccccc2[N+](=O)[O-])ccc1O. The first-order valence-corrected chi connectivity index (χ1v) is 5.83. The van der Waals surface area contributed by atoms with E-state index in [-0.39, 0.29) is 17.1 Å². The summed E-state index contributed by atoms with van der Waals surface area (Å²) in [5, 5.41) is 22.8. The van der Waals surface area contributed by atoms with E-state index < -0.39 is 10.8 Å². The highest BCUT2D eigenvalue weighted by Gasteiger charge is 2.16. The van der Waals surface area contributed by atoms with Gasteiger partial charge in [-0.2, -0.15) is 0 Å². The third-order valence-corrected chi connectivity index (χ3v) is 2.81. The van der Waals surface area contributed by atoms with E-state index in [9.17, 15) is 20.0 Å². The normalized spacial score (nSPS) is 10.1. The summed E-state index contributed by atoms with van der Waals surface area (Å²) in [7, 11) is 0. The van der Waals surface area contributed by atoms with E-state index >= 15 is 0 Å². The monoisotopic (exact) mass is 272 g/mol. The van der Waals surface area contributed by atoms with Crippen molar-refractivity contribution in [3.63, 3.8) is 0 Å². The molecule has 102 valence electrons. The molecule has 0 spiro atoms. The van der Waals surface area contributed by atoms with Gasteiger partial charge in [0.15, 0.2) is 0 Å². The van der Waals surface area contributed by atoms with Crippen LogP contribution in [0.5, 0.6) is 5.75 Å². The quantitative estimate of drug-likeness (QED) is 0.663. The molecule has 0 radical (unpaired) electrons. The van der Waals surface area contributed by atoms with Gasteiger partial charge in [-0.3, -0.25) is 14.9 Å². The molecule has 0 unspecified atom stereocenters. The van der Waals surface area contributed by atoms with Crippen molar-refractivity contribution in [2.24, 2.45) is 0 Å². The minimum Gasteiger partial charge on any atom is -0.508 e. The lowest BCUT2D eigenvalue weighted by atomic mass is 10.1. The average molecular weight is 272 g/mol. The number of aromatic hydroxyl groups is 1. The first kappa shape index (κ1) is 13.5. The second-order valence-electron chi connectivity index (χ2n) is 4.23. The third-order valence-electron chi connectivity index (χ3n) is 2.81. The topological polar surface area (TPSA) is 92.5 Å². The molecule has 1 amide bonds. The van der Waals surface area contributed by atoms with Crippen molar-refractivity contribution >= 4 is 17.3 Å². The number of aryl methyl sites for hydroxylation is 1. The van der Waals surface area contributed by atoms with Crippen LogP contribution in [0, 0.1) is 17.0 Å². The number of phenolic OH excluding ortho intramolecular Hbond substituents is 1. The second kappa shape index (κ2) is 5.40. The summed E-state index contributed by atoms with van der Waals surface area (Å²) in [5.41, 5.74) is 0.836. The highest BCUT2D eigenvalue weighted by molar-refractivity contribution is 6.05. The number of carbonyl (C=O) groups is 1. The van der Waals surface area contributed by atoms with Gasteiger partial charge in [0.25, 0.3) is 11.6 Å². The predicted octanol–water partition coefficient (Wildman–Crippen LogP) is 2.86. The lowest BCUT2D eigenvalue weighted by Crippen LogP contribution is -2.13. The van der Waals surface area contributed by atoms with E-state index in [4.69, 9.17) is 0 Å². The van der Waals surface area contributed by atoms with Gasteiger partial charge in [-0.1, -0.05) is 12.1 Å². The van der Waals surface area contributed by atoms with Gasteiger partial charge in [0, 0.05) is 11.6 Å². The molecular weight excluding hydrogens is 260 g/mol. The molecular formula is C14H12N2O4. The van der Waals surface area contributed by atoms with Crippen LogP contribution < -0.4 is 5.32 Å². The Labute approximate surface area is 114 Å². The largest absolute Gasteiger partial charge is 0.508 e. The van der Waals surface area contributed by atoms with Gasteiger partial charge in [-0.15, -0.1) is 0 Å². The summed E-state index contributed by atoms with van der Waals surface area (Å²) in [6.45, 7) is 1.66. The highest BCUT2D eigenvalue weighted by atomic mass is 16.6. The van der Waals surface area contributed by atoms with Crippen LogP contribution in [-0.2, 0) is 0 Å². The Kier molecular flexibility index (Phi) is 3.65. The molecule has 2 N–H and O–H groups in total. The number of para-hydroxylation sites is 2. The van der Waals surface area contributed by atoms with Crippen molar-refractivity contribution in [3.8, 4) is 5.75 Å². The van der Waals surface area contributed by atoms with Gasteiger partial charge in [0.05, 0.1) is 4.92 Å². The zero-order chi connectivity index (χ0) is 14.7. The van der Waals surface area contributed by atoms with Crippen LogP contribution in [0.2, 0.25) is 0 Å². The standard InChI is InChI=1S/C14H12N2O4/c1-9-8-10(6-7-13(9)17)14(18)15-11-4-2-3-5-12(11)16(19)20/h2-8,17H,1H3,(H,15,18). The van der Waals surface area contributed by atoms with Gasteiger partial charge in [0.2, 0.25) is 0 Å². The predicted molar refractivity (Wildman–Crippen MR) is 73.9 cm³/mol. The molecule has 0 atom stereocenters. The van der Waals surface area contributed by atoms with Crippen LogP contribution in [0.1, 0.15) is 15.9 Å². The van der Waals surface area contributed by atoms with Crippen LogP contribution in [0.15, 0.2) is 42.5 Å². The Morgan fingerprint density at radius 1 is 1.25 bits per heavy atom. The first-order valence-electron chi connectivity index (χ1n) is 5.83. The molecule has 0 heterocycles. The molecule has 0 aliphatic carbocycles. The van der Waals surface area contributed by atoms with Crippen molar-refractivity contribution in [3.05, 3.63) is 63.7 Å². The minimum atomic E-state index is -0.558. The number of benzene rings is 2. The molecule has 2 rings (SSSR count). The fourth-order valence-corrected chi connectivity index (χ4v) is 1.73. The average Bonchev–Trinajstić information content (AvgIpc) is 2.42. The number of nitrogens with zero attached hydrogens (tertiary/aromatic N) is 1. The number of hydrogen-bond donors (Lipinski definition) is 2. The number of nitro groups is 1. The lowest BCUT2D eigenvalue weighted by molar-refractivity contribution is -0.383. The molecule has 0 aromatic heterocycles. The second-order valence-corrected chi connectivity index (χ2v) is 4.23. The summed E-state index contributed by atoms with van der Waals surface area (Å²) in [6.07, 6.45) is 0. The van der Waals surface area contributed by atoms with Crippen LogP contribution in [0.3, 0.4) is 0 Å². The zero-order valence-electron chi connectivity index (χ0n) is 10.7. The molecule has 0 aliphatic rings. The zero-order valence-corrected chi connectivity index (χ0v) is 10.7. The number of amides is 1. The Morgan fingerprint density at radius 2 is 1.95 bits per heavy atom. The van der Waals surface area contributed by atoms with E-state index in [2.05, 4.69) is 5.32 Å². The smallest absolute Gasteiger partial charge is 0.292 e. The third kappa shape index (κ3) is 2.74. The van der Waals surface area contributed by atoms with Gasteiger partial charge in [0.1, 0.15) is 11.4 Å². The van der Waals surface area contributed by atoms with Crippen molar-refractivity contribution in [2.45, 2.75) is 6.92 Å². The summed E-state index contributed by atoms with van der Waals surface area (Å²) < 4.78 is 0. The van der Waals surface area contributed by atoms with Gasteiger partial charge < -0.3 is 10.4 Å². The molecule has 20 heavy (non-hydrogen) atoms. The Bertz CT molecular complexity index is 683. The maximum absolute atomic E-state index is 12.0. The van der Waals surface area contributed by atoms with Crippen molar-refractivity contribution < 1.29 is 14.8 Å². The lowest BCUT2D eigenvalue weighted by Gasteiger charge is -2.07. The van der Waals surface area contributed by atoms with E-state index in [0.29, 0.717) is 11.1 Å². The fraction of sp³-hybridized carbons (Fsp3) is 0.0714. The highest BCUT2D eigenvalue weighted by Crippen LogP contribution is 2.24. The first-order chi connectivity index (χ1) is 9.49.